The highest BCUT2D eigenvalue weighted by Crippen LogP contribution is 2.32. The van der Waals surface area contributed by atoms with Crippen LogP contribution >= 0.6 is 0 Å². The van der Waals surface area contributed by atoms with Crippen LogP contribution in [0.5, 0.6) is 0 Å². The molecule has 1 aromatic heterocycles. The van der Waals surface area contributed by atoms with Gasteiger partial charge in [0.15, 0.2) is 0 Å². The van der Waals surface area contributed by atoms with Crippen molar-refractivity contribution in [3.8, 4) is 11.3 Å². The molecule has 3 rings (SSSR count). The lowest BCUT2D eigenvalue weighted by atomic mass is 9.97. The van der Waals surface area contributed by atoms with Gasteiger partial charge >= 0.3 is 6.18 Å². The van der Waals surface area contributed by atoms with E-state index in [0.717, 1.165) is 22.8 Å². The molecule has 0 bridgehead atoms. The van der Waals surface area contributed by atoms with Crippen molar-refractivity contribution in [2.24, 2.45) is 0 Å². The molecule has 3 aromatic rings. The lowest BCUT2D eigenvalue weighted by Crippen LogP contribution is -2.11. The van der Waals surface area contributed by atoms with Crippen LogP contribution in [0, 0.1) is 6.92 Å². The zero-order valence-electron chi connectivity index (χ0n) is 19.7. The van der Waals surface area contributed by atoms with Gasteiger partial charge < -0.3 is 0 Å². The molecule has 0 aliphatic heterocycles. The summed E-state index contributed by atoms with van der Waals surface area (Å²) in [6, 6.07) is 16.7. The Hall–Kier alpha value is -3.00. The zero-order valence-corrected chi connectivity index (χ0v) is 20.5. The fraction of sp³-hybridized carbons (Fsp3) is 0.333. The van der Waals surface area contributed by atoms with Gasteiger partial charge in [-0.05, 0) is 48.6 Å². The lowest BCUT2D eigenvalue weighted by molar-refractivity contribution is -0.141. The Morgan fingerprint density at radius 2 is 1.63 bits per heavy atom. The first-order chi connectivity index (χ1) is 16.5. The summed E-state index contributed by atoms with van der Waals surface area (Å²) in [5.74, 6) is 0.160. The maximum absolute atomic E-state index is 13.3. The van der Waals surface area contributed by atoms with Crippen LogP contribution in [0.1, 0.15) is 41.3 Å². The first-order valence-electron chi connectivity index (χ1n) is 11.4. The highest BCUT2D eigenvalue weighted by Gasteiger charge is 2.33. The Balaban J connectivity index is 1.68. The van der Waals surface area contributed by atoms with Crippen LogP contribution in [0.3, 0.4) is 0 Å². The quantitative estimate of drug-likeness (QED) is 0.351. The number of benzene rings is 2. The average Bonchev–Trinajstić information content (AvgIpc) is 2.81. The molecule has 0 aliphatic rings. The molecule has 0 radical (unpaired) electrons. The van der Waals surface area contributed by atoms with Gasteiger partial charge in [0.2, 0.25) is 0 Å². The molecule has 0 spiro atoms. The molecule has 0 amide bonds. The summed E-state index contributed by atoms with van der Waals surface area (Å²) in [6.45, 7) is 3.48. The van der Waals surface area contributed by atoms with Crippen molar-refractivity contribution in [3.05, 3.63) is 88.6 Å². The van der Waals surface area contributed by atoms with Crippen LogP contribution in [0.4, 0.5) is 13.2 Å². The van der Waals surface area contributed by atoms with E-state index in [0.29, 0.717) is 17.5 Å². The number of carbonyl (C=O) groups is 1. The van der Waals surface area contributed by atoms with E-state index in [9.17, 15) is 26.4 Å². The molecular weight excluding hydrogens is 475 g/mol. The Bertz CT molecular complexity index is 1280. The number of nitrogens with zero attached hydrogens (tertiary/aromatic N) is 1. The molecule has 0 atom stereocenters. The van der Waals surface area contributed by atoms with E-state index < -0.39 is 21.7 Å². The van der Waals surface area contributed by atoms with Gasteiger partial charge in [-0.15, -0.1) is 0 Å². The summed E-state index contributed by atoms with van der Waals surface area (Å²) in [4.78, 5) is 16.5. The number of Topliss-reactive ketones (excluding diaryl/α,β-unsaturated/α-hetero) is 1. The molecule has 0 saturated carbocycles. The van der Waals surface area contributed by atoms with Crippen molar-refractivity contribution in [1.29, 1.82) is 0 Å². The lowest BCUT2D eigenvalue weighted by Gasteiger charge is -2.13. The molecule has 35 heavy (non-hydrogen) atoms. The minimum absolute atomic E-state index is 0.0404. The number of rotatable bonds is 10. The number of alkyl halides is 3. The Labute approximate surface area is 204 Å². The normalized spacial score (nSPS) is 12.0. The Morgan fingerprint density at radius 1 is 0.943 bits per heavy atom. The fourth-order valence-electron chi connectivity index (χ4n) is 3.72. The summed E-state index contributed by atoms with van der Waals surface area (Å²) in [7, 11) is -3.04. The van der Waals surface area contributed by atoms with E-state index in [4.69, 9.17) is 0 Å². The summed E-state index contributed by atoms with van der Waals surface area (Å²) in [6.07, 6.45) is -3.49. The number of pyridine rings is 1. The number of sulfone groups is 1. The molecular formula is C27H28F3NO3S. The van der Waals surface area contributed by atoms with Crippen molar-refractivity contribution in [3.63, 3.8) is 0 Å². The van der Waals surface area contributed by atoms with Crippen molar-refractivity contribution >= 4 is 15.6 Å². The first kappa shape index (κ1) is 26.6. The maximum Gasteiger partial charge on any atom is 0.433 e. The van der Waals surface area contributed by atoms with Crippen LogP contribution < -0.4 is 0 Å². The maximum atomic E-state index is 13.3. The number of halogens is 3. The molecule has 4 nitrogen and oxygen atoms in total. The minimum Gasteiger partial charge on any atom is -0.299 e. The molecule has 8 heteroatoms. The highest BCUT2D eigenvalue weighted by atomic mass is 32.2. The molecule has 0 N–H and O–H groups in total. The van der Waals surface area contributed by atoms with Gasteiger partial charge in [0.05, 0.1) is 11.4 Å². The average molecular weight is 504 g/mol. The fourth-order valence-corrected chi connectivity index (χ4v) is 4.56. The SMILES string of the molecule is CCS(=O)(=O)CCc1ccc(CC(=O)CCc2ccc(C(F)(F)F)nc2-c2cccc(C)c2)cc1. The molecule has 1 heterocycles. The molecule has 0 unspecified atom stereocenters. The van der Waals surface area contributed by atoms with E-state index in [1.807, 2.05) is 37.3 Å². The predicted octanol–water partition coefficient (Wildman–Crippen LogP) is 5.80. The van der Waals surface area contributed by atoms with E-state index in [1.54, 1.807) is 25.1 Å². The van der Waals surface area contributed by atoms with Gasteiger partial charge in [0.1, 0.15) is 21.3 Å². The molecule has 2 aromatic carbocycles. The second-order valence-electron chi connectivity index (χ2n) is 8.59. The summed E-state index contributed by atoms with van der Waals surface area (Å²) in [5.41, 5.74) is 3.04. The predicted molar refractivity (Wildman–Crippen MR) is 131 cm³/mol. The third-order valence-electron chi connectivity index (χ3n) is 5.80. The summed E-state index contributed by atoms with van der Waals surface area (Å²) < 4.78 is 63.1. The van der Waals surface area contributed by atoms with Crippen LogP contribution in [-0.4, -0.2) is 30.7 Å². The number of hydrogen-bond acceptors (Lipinski definition) is 4. The highest BCUT2D eigenvalue weighted by molar-refractivity contribution is 7.91. The largest absolute Gasteiger partial charge is 0.433 e. The topological polar surface area (TPSA) is 64.1 Å². The van der Waals surface area contributed by atoms with Crippen LogP contribution in [-0.2, 0) is 40.1 Å². The van der Waals surface area contributed by atoms with Gasteiger partial charge in [-0.25, -0.2) is 13.4 Å². The zero-order chi connectivity index (χ0) is 25.6. The van der Waals surface area contributed by atoms with E-state index >= 15 is 0 Å². The van der Waals surface area contributed by atoms with Crippen molar-refractivity contribution in [1.82, 2.24) is 4.98 Å². The summed E-state index contributed by atoms with van der Waals surface area (Å²) >= 11 is 0. The molecule has 0 aliphatic carbocycles. The van der Waals surface area contributed by atoms with Gasteiger partial charge in [0, 0.05) is 24.2 Å². The van der Waals surface area contributed by atoms with E-state index in [2.05, 4.69) is 4.98 Å². The van der Waals surface area contributed by atoms with Gasteiger partial charge in [0.25, 0.3) is 0 Å². The Kier molecular flexibility index (Phi) is 8.48. The standard InChI is InChI=1S/C27H28F3NO3S/c1-3-35(33,34)16-15-20-7-9-21(10-8-20)18-24(32)13-11-22-12-14-25(27(28,29)30)31-26(22)23-6-4-5-19(2)17-23/h4-10,12,14,17H,3,11,13,15-16,18H2,1-2H3. The number of aromatic nitrogens is 1. The van der Waals surface area contributed by atoms with Gasteiger partial charge in [-0.1, -0.05) is 61.0 Å². The third-order valence-corrected chi connectivity index (χ3v) is 7.51. The number of hydrogen-bond donors (Lipinski definition) is 0. The minimum atomic E-state index is -4.56. The first-order valence-corrected chi connectivity index (χ1v) is 13.2. The van der Waals surface area contributed by atoms with Crippen molar-refractivity contribution < 1.29 is 26.4 Å². The van der Waals surface area contributed by atoms with Crippen LogP contribution in [0.15, 0.2) is 60.7 Å². The van der Waals surface area contributed by atoms with Gasteiger partial charge in [-0.3, -0.25) is 4.79 Å². The smallest absolute Gasteiger partial charge is 0.299 e. The third kappa shape index (κ3) is 7.75. The second kappa shape index (κ2) is 11.2. The number of carbonyl (C=O) groups excluding carboxylic acids is 1. The van der Waals surface area contributed by atoms with Crippen molar-refractivity contribution in [2.75, 3.05) is 11.5 Å². The molecule has 186 valence electrons. The molecule has 0 saturated heterocycles. The monoisotopic (exact) mass is 503 g/mol. The second-order valence-corrected chi connectivity index (χ2v) is 11.1. The van der Waals surface area contributed by atoms with Gasteiger partial charge in [-0.2, -0.15) is 13.2 Å². The number of ketones is 1. The van der Waals surface area contributed by atoms with Crippen LogP contribution in [0.25, 0.3) is 11.3 Å². The number of aryl methyl sites for hydroxylation is 3. The van der Waals surface area contributed by atoms with Crippen LogP contribution in [0.2, 0.25) is 0 Å². The van der Waals surface area contributed by atoms with Crippen molar-refractivity contribution in [2.45, 2.75) is 45.7 Å². The summed E-state index contributed by atoms with van der Waals surface area (Å²) in [5, 5.41) is 0. The van der Waals surface area contributed by atoms with E-state index in [-0.39, 0.29) is 42.2 Å². The Morgan fingerprint density at radius 3 is 2.26 bits per heavy atom. The molecule has 0 fully saturated rings. The van der Waals surface area contributed by atoms with E-state index in [1.165, 1.54) is 6.07 Å².